The van der Waals surface area contributed by atoms with Crippen molar-refractivity contribution in [2.45, 2.75) is 19.3 Å². The zero-order valence-corrected chi connectivity index (χ0v) is 12.4. The molecule has 19 heavy (non-hydrogen) atoms. The number of thiophene rings is 1. The predicted octanol–water partition coefficient (Wildman–Crippen LogP) is 0.228. The molecule has 0 radical (unpaired) electrons. The first-order valence-electron chi connectivity index (χ1n) is 6.50. The summed E-state index contributed by atoms with van der Waals surface area (Å²) in [6, 6.07) is 1.81. The molecular formula is C13H15NO3SSi. The minimum absolute atomic E-state index is 0.0784. The summed E-state index contributed by atoms with van der Waals surface area (Å²) in [5.41, 5.74) is 0. The molecule has 100 valence electrons. The average Bonchev–Trinajstić information content (AvgIpc) is 2.89. The Morgan fingerprint density at radius 1 is 0.947 bits per heavy atom. The third kappa shape index (κ3) is 1.86. The highest BCUT2D eigenvalue weighted by Gasteiger charge is 2.57. The number of hydrogen-bond donors (Lipinski definition) is 0. The maximum Gasteiger partial charge on any atom is 0.308 e. The van der Waals surface area contributed by atoms with E-state index in [2.05, 4.69) is 4.90 Å². The van der Waals surface area contributed by atoms with Crippen LogP contribution in [0.5, 0.6) is 0 Å². The summed E-state index contributed by atoms with van der Waals surface area (Å²) in [6.07, 6.45) is 1.04. The summed E-state index contributed by atoms with van der Waals surface area (Å²) < 4.78 is 0. The highest BCUT2D eigenvalue weighted by molar-refractivity contribution is 7.47. The Morgan fingerprint density at radius 2 is 1.47 bits per heavy atom. The lowest BCUT2D eigenvalue weighted by molar-refractivity contribution is -0.121. The molecule has 1 aromatic heterocycles. The molecule has 4 nitrogen and oxygen atoms in total. The first-order valence-corrected chi connectivity index (χ1v) is 9.45. The average molecular weight is 293 g/mol. The zero-order chi connectivity index (χ0) is 13.5. The molecule has 0 unspecified atom stereocenters. The lowest BCUT2D eigenvalue weighted by Crippen LogP contribution is -2.70. The van der Waals surface area contributed by atoms with E-state index in [9.17, 15) is 14.4 Å². The Labute approximate surface area is 116 Å². The molecule has 1 aromatic rings. The van der Waals surface area contributed by atoms with Gasteiger partial charge in [-0.1, -0.05) is 6.07 Å². The van der Waals surface area contributed by atoms with Crippen LogP contribution in [-0.2, 0) is 14.4 Å². The van der Waals surface area contributed by atoms with Gasteiger partial charge in [0.1, 0.15) is 16.2 Å². The highest BCUT2D eigenvalue weighted by Crippen LogP contribution is 2.22. The van der Waals surface area contributed by atoms with Crippen molar-refractivity contribution < 1.29 is 14.4 Å². The van der Waals surface area contributed by atoms with E-state index in [1.165, 1.54) is 11.3 Å². The molecule has 0 spiro atoms. The standard InChI is InChI=1S/C13H15NO3SSi/c15-11-1-5-14-6-2-12(16)19(11,13(17)3-7-14)10-4-8-18-9-10/h4,8-9H,1-3,5-7H2. The van der Waals surface area contributed by atoms with Gasteiger partial charge in [-0.25, -0.2) is 0 Å². The zero-order valence-electron chi connectivity index (χ0n) is 10.6. The summed E-state index contributed by atoms with van der Waals surface area (Å²) >= 11 is 1.46. The van der Waals surface area contributed by atoms with Gasteiger partial charge in [-0.05, 0) is 15.9 Å². The molecule has 0 aliphatic carbocycles. The molecule has 0 amide bonds. The van der Waals surface area contributed by atoms with Gasteiger partial charge < -0.3 is 19.3 Å². The molecule has 0 atom stereocenters. The second-order valence-electron chi connectivity index (χ2n) is 5.12. The van der Waals surface area contributed by atoms with Crippen molar-refractivity contribution in [2.75, 3.05) is 19.6 Å². The first kappa shape index (κ1) is 12.9. The van der Waals surface area contributed by atoms with Crippen LogP contribution in [0.2, 0.25) is 0 Å². The van der Waals surface area contributed by atoms with Crippen LogP contribution in [-0.4, -0.2) is 48.8 Å². The van der Waals surface area contributed by atoms with Crippen LogP contribution in [0.3, 0.4) is 0 Å². The quantitative estimate of drug-likeness (QED) is 0.696. The fourth-order valence-corrected chi connectivity index (χ4v) is 8.36. The Hall–Kier alpha value is -1.11. The van der Waals surface area contributed by atoms with Crippen LogP contribution >= 0.6 is 11.3 Å². The maximum atomic E-state index is 12.6. The number of nitrogens with zero attached hydrogens (tertiary/aromatic N) is 1. The summed E-state index contributed by atoms with van der Waals surface area (Å²) in [6.45, 7) is 2.08. The second kappa shape index (κ2) is 4.77. The summed E-state index contributed by atoms with van der Waals surface area (Å²) in [5.74, 6) is 0. The molecule has 0 N–H and O–H groups in total. The smallest absolute Gasteiger partial charge is 0.304 e. The van der Waals surface area contributed by atoms with Crippen molar-refractivity contribution in [3.8, 4) is 0 Å². The molecule has 0 aromatic carbocycles. The largest absolute Gasteiger partial charge is 0.308 e. The number of carbonyl (C=O) groups is 3. The molecule has 3 fully saturated rings. The third-order valence-corrected chi connectivity index (χ3v) is 9.50. The highest BCUT2D eigenvalue weighted by atomic mass is 32.1. The lowest BCUT2D eigenvalue weighted by atomic mass is 10.3. The first-order chi connectivity index (χ1) is 9.15. The van der Waals surface area contributed by atoms with Gasteiger partial charge in [-0.2, -0.15) is 11.3 Å². The van der Waals surface area contributed by atoms with Gasteiger partial charge in [-0.15, -0.1) is 0 Å². The number of hydrogen-bond acceptors (Lipinski definition) is 5. The molecule has 6 heteroatoms. The summed E-state index contributed by atoms with van der Waals surface area (Å²) in [4.78, 5) is 39.9. The number of fused-ring (bicyclic) bond motifs is 6. The van der Waals surface area contributed by atoms with Crippen LogP contribution in [0.4, 0.5) is 0 Å². The minimum atomic E-state index is -3.29. The van der Waals surface area contributed by atoms with Crippen LogP contribution in [0.1, 0.15) is 19.3 Å². The van der Waals surface area contributed by atoms with Gasteiger partial charge in [0.15, 0.2) is 0 Å². The van der Waals surface area contributed by atoms with Gasteiger partial charge in [0.2, 0.25) is 0 Å². The van der Waals surface area contributed by atoms with Crippen LogP contribution in [0.15, 0.2) is 16.8 Å². The van der Waals surface area contributed by atoms with Crippen molar-refractivity contribution in [3.63, 3.8) is 0 Å². The molecule has 4 heterocycles. The second-order valence-corrected chi connectivity index (χ2v) is 9.65. The van der Waals surface area contributed by atoms with Crippen molar-refractivity contribution in [1.82, 2.24) is 4.90 Å². The van der Waals surface area contributed by atoms with Crippen LogP contribution in [0.25, 0.3) is 0 Å². The van der Waals surface area contributed by atoms with E-state index >= 15 is 0 Å². The van der Waals surface area contributed by atoms with E-state index in [4.69, 9.17) is 0 Å². The van der Waals surface area contributed by atoms with Gasteiger partial charge >= 0.3 is 8.07 Å². The summed E-state index contributed by atoms with van der Waals surface area (Å²) in [5, 5.41) is 4.18. The predicted molar refractivity (Wildman–Crippen MR) is 75.0 cm³/mol. The third-order valence-electron chi connectivity index (χ3n) is 4.17. The normalized spacial score (nSPS) is 32.0. The number of carbonyl (C=O) groups excluding carboxylic acids is 3. The fourth-order valence-electron chi connectivity index (χ4n) is 3.10. The van der Waals surface area contributed by atoms with E-state index in [0.717, 1.165) is 5.19 Å². The Balaban J connectivity index is 2.19. The fraction of sp³-hybridized carbons (Fsp3) is 0.462. The van der Waals surface area contributed by atoms with Gasteiger partial charge in [0.25, 0.3) is 0 Å². The number of rotatable bonds is 1. The molecule has 3 aliphatic rings. The van der Waals surface area contributed by atoms with E-state index in [1.54, 1.807) is 0 Å². The Kier molecular flexibility index (Phi) is 3.24. The van der Waals surface area contributed by atoms with Crippen molar-refractivity contribution in [2.24, 2.45) is 0 Å². The molecular weight excluding hydrogens is 278 g/mol. The van der Waals surface area contributed by atoms with E-state index < -0.39 is 8.07 Å². The molecule has 3 saturated heterocycles. The minimum Gasteiger partial charge on any atom is -0.304 e. The van der Waals surface area contributed by atoms with Gasteiger partial charge in [0.05, 0.1) is 0 Å². The monoisotopic (exact) mass is 293 g/mol. The summed E-state index contributed by atoms with van der Waals surface area (Å²) in [7, 11) is -3.29. The van der Waals surface area contributed by atoms with Crippen molar-refractivity contribution >= 4 is 40.8 Å². The Bertz CT molecular complexity index is 490. The van der Waals surface area contributed by atoms with Crippen molar-refractivity contribution in [1.29, 1.82) is 0 Å². The molecule has 0 saturated carbocycles. The molecule has 3 aliphatic heterocycles. The van der Waals surface area contributed by atoms with Crippen molar-refractivity contribution in [3.05, 3.63) is 16.8 Å². The molecule has 2 bridgehead atoms. The lowest BCUT2D eigenvalue weighted by Gasteiger charge is -2.35. The van der Waals surface area contributed by atoms with Crippen LogP contribution < -0.4 is 5.19 Å². The van der Waals surface area contributed by atoms with Crippen LogP contribution in [0, 0.1) is 0 Å². The Morgan fingerprint density at radius 3 is 1.89 bits per heavy atom. The van der Waals surface area contributed by atoms with E-state index in [-0.39, 0.29) is 16.2 Å². The maximum absolute atomic E-state index is 12.6. The van der Waals surface area contributed by atoms with E-state index in [0.29, 0.717) is 38.9 Å². The SMILES string of the molecule is O=C1CCN2CCC(=O)[Si]1(c1ccsc1)C(=O)CC2. The van der Waals surface area contributed by atoms with Gasteiger partial charge in [0, 0.05) is 38.9 Å². The molecule has 4 rings (SSSR count). The topological polar surface area (TPSA) is 54.5 Å². The van der Waals surface area contributed by atoms with E-state index in [1.807, 2.05) is 16.8 Å². The van der Waals surface area contributed by atoms with Gasteiger partial charge in [-0.3, -0.25) is 0 Å².